The molecule has 2 aliphatic rings. The van der Waals surface area contributed by atoms with Crippen LogP contribution in [0.2, 0.25) is 5.02 Å². The highest BCUT2D eigenvalue weighted by Crippen LogP contribution is 2.48. The Labute approximate surface area is 121 Å². The summed E-state index contributed by atoms with van der Waals surface area (Å²) in [5.41, 5.74) is 0.741. The predicted molar refractivity (Wildman–Crippen MR) is 74.2 cm³/mol. The van der Waals surface area contributed by atoms with Gasteiger partial charge in [0, 0.05) is 11.4 Å². The number of carbonyl (C=O) groups is 1. The Balaban J connectivity index is 1.67. The first-order chi connectivity index (χ1) is 9.69. The zero-order valence-corrected chi connectivity index (χ0v) is 11.3. The van der Waals surface area contributed by atoms with Gasteiger partial charge in [0.2, 0.25) is 17.7 Å². The van der Waals surface area contributed by atoms with E-state index in [1.807, 2.05) is 36.4 Å². The van der Waals surface area contributed by atoms with Gasteiger partial charge in [-0.3, -0.25) is 4.79 Å². The number of para-hydroxylation sites is 1. The van der Waals surface area contributed by atoms with Crippen molar-refractivity contribution < 1.29 is 14.3 Å². The zero-order valence-electron chi connectivity index (χ0n) is 10.5. The van der Waals surface area contributed by atoms with Crippen LogP contribution in [0.25, 0.3) is 0 Å². The van der Waals surface area contributed by atoms with E-state index < -0.39 is 11.9 Å². The third-order valence-corrected chi connectivity index (χ3v) is 4.02. The number of halogens is 1. The Morgan fingerprint density at radius 2 is 1.85 bits per heavy atom. The van der Waals surface area contributed by atoms with Gasteiger partial charge in [-0.25, -0.2) is 0 Å². The molecule has 1 saturated heterocycles. The number of epoxide rings is 1. The first kappa shape index (κ1) is 11.9. The summed E-state index contributed by atoms with van der Waals surface area (Å²) in [5, 5.41) is 0.677. The molecule has 2 aliphatic heterocycles. The molecule has 0 N–H and O–H groups in total. The molecule has 3 nitrogen and oxygen atoms in total. The first-order valence-corrected chi connectivity index (χ1v) is 6.80. The molecule has 2 heterocycles. The maximum atomic E-state index is 12.6. The number of carbonyl (C=O) groups excluding carboxylic acids is 1. The van der Waals surface area contributed by atoms with Crippen LogP contribution < -0.4 is 4.74 Å². The Morgan fingerprint density at radius 1 is 1.10 bits per heavy atom. The topological polar surface area (TPSA) is 38.8 Å². The van der Waals surface area contributed by atoms with Crippen molar-refractivity contribution in [2.24, 2.45) is 0 Å². The van der Waals surface area contributed by atoms with Gasteiger partial charge in [0.25, 0.3) is 0 Å². The third-order valence-electron chi connectivity index (χ3n) is 3.77. The van der Waals surface area contributed by atoms with Crippen LogP contribution in [0.4, 0.5) is 0 Å². The van der Waals surface area contributed by atoms with Crippen molar-refractivity contribution in [2.75, 3.05) is 0 Å². The van der Waals surface area contributed by atoms with E-state index in [1.54, 1.807) is 12.1 Å². The van der Waals surface area contributed by atoms with Crippen molar-refractivity contribution in [3.05, 3.63) is 64.7 Å². The van der Waals surface area contributed by atoms with Crippen molar-refractivity contribution in [3.63, 3.8) is 0 Å². The van der Waals surface area contributed by atoms with Crippen LogP contribution in [-0.2, 0) is 11.2 Å². The predicted octanol–water partition coefficient (Wildman–Crippen LogP) is 3.25. The molecule has 2 aromatic rings. The van der Waals surface area contributed by atoms with E-state index in [-0.39, 0.29) is 5.78 Å². The van der Waals surface area contributed by atoms with Gasteiger partial charge >= 0.3 is 0 Å². The highest BCUT2D eigenvalue weighted by Gasteiger charge is 2.67. The fraction of sp³-hybridized carbons (Fsp3) is 0.188. The van der Waals surface area contributed by atoms with Crippen molar-refractivity contribution in [3.8, 4) is 5.75 Å². The lowest BCUT2D eigenvalue weighted by Gasteiger charge is -2.19. The Kier molecular flexibility index (Phi) is 2.43. The fourth-order valence-corrected chi connectivity index (χ4v) is 2.77. The second-order valence-corrected chi connectivity index (χ2v) is 5.52. The summed E-state index contributed by atoms with van der Waals surface area (Å²) in [6.07, 6.45) is 0.0303. The Morgan fingerprint density at radius 3 is 2.65 bits per heavy atom. The summed E-state index contributed by atoms with van der Waals surface area (Å²) in [6, 6.07) is 14.7. The molecule has 1 fully saturated rings. The van der Waals surface area contributed by atoms with Crippen LogP contribution in [0.5, 0.6) is 5.75 Å². The quantitative estimate of drug-likeness (QED) is 0.796. The van der Waals surface area contributed by atoms with Crippen LogP contribution in [0.15, 0.2) is 48.5 Å². The van der Waals surface area contributed by atoms with Gasteiger partial charge in [-0.15, -0.1) is 0 Å². The van der Waals surface area contributed by atoms with E-state index >= 15 is 0 Å². The molecular formula is C16H11ClO3. The molecule has 0 aliphatic carbocycles. The molecule has 2 unspecified atom stereocenters. The van der Waals surface area contributed by atoms with Gasteiger partial charge in [0.1, 0.15) is 5.75 Å². The van der Waals surface area contributed by atoms with Gasteiger partial charge < -0.3 is 9.47 Å². The molecular weight excluding hydrogens is 276 g/mol. The summed E-state index contributed by atoms with van der Waals surface area (Å²) in [6.45, 7) is 0. The fourth-order valence-electron chi connectivity index (χ4n) is 2.65. The average molecular weight is 287 g/mol. The lowest BCUT2D eigenvalue weighted by atomic mass is 9.89. The molecule has 0 spiro atoms. The van der Waals surface area contributed by atoms with Gasteiger partial charge in [-0.2, -0.15) is 0 Å². The molecule has 2 atom stereocenters. The number of benzene rings is 2. The summed E-state index contributed by atoms with van der Waals surface area (Å²) < 4.78 is 11.3. The van der Waals surface area contributed by atoms with Crippen molar-refractivity contribution in [1.82, 2.24) is 0 Å². The minimum Gasteiger partial charge on any atom is -0.460 e. The van der Waals surface area contributed by atoms with Crippen molar-refractivity contribution in [2.45, 2.75) is 18.3 Å². The van der Waals surface area contributed by atoms with Gasteiger partial charge in [0.05, 0.1) is 5.56 Å². The number of fused-ring (bicyclic) bond motifs is 2. The summed E-state index contributed by atoms with van der Waals surface area (Å²) in [4.78, 5) is 12.6. The molecule has 0 aromatic heterocycles. The number of ketones is 1. The molecule has 2 aromatic carbocycles. The molecule has 20 heavy (non-hydrogen) atoms. The second-order valence-electron chi connectivity index (χ2n) is 5.09. The largest absolute Gasteiger partial charge is 0.460 e. The van der Waals surface area contributed by atoms with E-state index in [0.29, 0.717) is 22.8 Å². The number of hydrogen-bond donors (Lipinski definition) is 0. The van der Waals surface area contributed by atoms with E-state index in [4.69, 9.17) is 21.1 Å². The van der Waals surface area contributed by atoms with Crippen molar-refractivity contribution >= 4 is 17.4 Å². The summed E-state index contributed by atoms with van der Waals surface area (Å²) >= 11 is 5.87. The minimum atomic E-state index is -0.859. The van der Waals surface area contributed by atoms with Crippen LogP contribution in [0, 0.1) is 0 Å². The second kappa shape index (κ2) is 4.08. The SMILES string of the molecule is O=C1c2ccccc2OC2OC12Cc1ccc(Cl)cc1. The maximum absolute atomic E-state index is 12.6. The highest BCUT2D eigenvalue weighted by molar-refractivity contribution is 6.30. The van der Waals surface area contributed by atoms with E-state index in [0.717, 1.165) is 5.56 Å². The molecule has 0 saturated carbocycles. The lowest BCUT2D eigenvalue weighted by molar-refractivity contribution is 0.0864. The number of ether oxygens (including phenoxy) is 2. The smallest absolute Gasteiger partial charge is 0.238 e. The van der Waals surface area contributed by atoms with Gasteiger partial charge in [-0.05, 0) is 29.8 Å². The van der Waals surface area contributed by atoms with E-state index in [9.17, 15) is 4.79 Å². The maximum Gasteiger partial charge on any atom is 0.238 e. The van der Waals surface area contributed by atoms with Crippen LogP contribution >= 0.6 is 11.6 Å². The highest BCUT2D eigenvalue weighted by atomic mass is 35.5. The first-order valence-electron chi connectivity index (χ1n) is 6.42. The van der Waals surface area contributed by atoms with Crippen LogP contribution in [0.1, 0.15) is 15.9 Å². The monoisotopic (exact) mass is 286 g/mol. The molecule has 4 rings (SSSR count). The van der Waals surface area contributed by atoms with Crippen LogP contribution in [-0.4, -0.2) is 17.7 Å². The number of Topliss-reactive ketones (excluding diaryl/α,β-unsaturated/α-hetero) is 1. The standard InChI is InChI=1S/C16H11ClO3/c17-11-7-5-10(6-8-11)9-16-14(18)12-3-1-2-4-13(12)19-15(16)20-16/h1-8,15H,9H2. The number of hydrogen-bond acceptors (Lipinski definition) is 3. The molecule has 0 radical (unpaired) electrons. The zero-order chi connectivity index (χ0) is 13.7. The summed E-state index contributed by atoms with van der Waals surface area (Å²) in [5.74, 6) is 0.603. The van der Waals surface area contributed by atoms with Crippen LogP contribution in [0.3, 0.4) is 0 Å². The Hall–Kier alpha value is -1.84. The Bertz CT molecular complexity index is 695. The molecule has 0 amide bonds. The summed E-state index contributed by atoms with van der Waals surface area (Å²) in [7, 11) is 0. The molecule has 0 bridgehead atoms. The van der Waals surface area contributed by atoms with Crippen molar-refractivity contribution in [1.29, 1.82) is 0 Å². The molecule has 4 heteroatoms. The third kappa shape index (κ3) is 1.67. The minimum absolute atomic E-state index is 0.000648. The average Bonchev–Trinajstić information content (AvgIpc) is 3.16. The van der Waals surface area contributed by atoms with Gasteiger partial charge in [-0.1, -0.05) is 35.9 Å². The van der Waals surface area contributed by atoms with E-state index in [2.05, 4.69) is 0 Å². The lowest BCUT2D eigenvalue weighted by Crippen LogP contribution is -2.35. The molecule has 100 valence electrons. The van der Waals surface area contributed by atoms with E-state index in [1.165, 1.54) is 0 Å². The number of rotatable bonds is 2. The normalized spacial score (nSPS) is 26.4. The van der Waals surface area contributed by atoms with Gasteiger partial charge in [0.15, 0.2) is 0 Å².